The second-order valence-electron chi connectivity index (χ2n) is 4.37. The summed E-state index contributed by atoms with van der Waals surface area (Å²) in [6.07, 6.45) is 0.664. The van der Waals surface area contributed by atoms with Crippen LogP contribution in [0.25, 0.3) is 0 Å². The zero-order valence-electron chi connectivity index (χ0n) is 10.6. The van der Waals surface area contributed by atoms with Gasteiger partial charge in [-0.05, 0) is 58.7 Å². The van der Waals surface area contributed by atoms with Crippen LogP contribution in [0.2, 0.25) is 0 Å². The lowest BCUT2D eigenvalue weighted by atomic mass is 10.1. The zero-order valence-corrected chi connectivity index (χ0v) is 12.2. The van der Waals surface area contributed by atoms with Gasteiger partial charge in [-0.3, -0.25) is 0 Å². The fourth-order valence-corrected chi connectivity index (χ4v) is 2.20. The Bertz CT molecular complexity index is 584. The van der Waals surface area contributed by atoms with Crippen LogP contribution in [0.3, 0.4) is 0 Å². The Morgan fingerprint density at radius 1 is 0.950 bits per heavy atom. The molecule has 0 saturated heterocycles. The fourth-order valence-electron chi connectivity index (χ4n) is 1.83. The van der Waals surface area contributed by atoms with Crippen molar-refractivity contribution in [3.05, 3.63) is 69.4 Å². The van der Waals surface area contributed by atoms with E-state index < -0.39 is 11.6 Å². The van der Waals surface area contributed by atoms with E-state index in [1.807, 2.05) is 0 Å². The molecule has 0 heterocycles. The molecule has 0 bridgehead atoms. The lowest BCUT2D eigenvalue weighted by molar-refractivity contribution is 0.532. The lowest BCUT2D eigenvalue weighted by Gasteiger charge is -2.08. The van der Waals surface area contributed by atoms with Crippen molar-refractivity contribution in [3.8, 4) is 0 Å². The summed E-state index contributed by atoms with van der Waals surface area (Å²) in [7, 11) is 0. The van der Waals surface area contributed by atoms with Gasteiger partial charge in [0.15, 0.2) is 0 Å². The number of hydrogen-bond acceptors (Lipinski definition) is 1. The van der Waals surface area contributed by atoms with Gasteiger partial charge in [-0.25, -0.2) is 13.2 Å². The first-order chi connectivity index (χ1) is 9.58. The number of hydrogen-bond donors (Lipinski definition) is 1. The van der Waals surface area contributed by atoms with Crippen molar-refractivity contribution in [2.75, 3.05) is 6.54 Å². The van der Waals surface area contributed by atoms with Gasteiger partial charge < -0.3 is 5.32 Å². The normalized spacial score (nSPS) is 10.8. The Labute approximate surface area is 123 Å². The second kappa shape index (κ2) is 6.90. The highest BCUT2D eigenvalue weighted by atomic mass is 79.9. The summed E-state index contributed by atoms with van der Waals surface area (Å²) >= 11 is 3.03. The van der Waals surface area contributed by atoms with Crippen molar-refractivity contribution >= 4 is 15.9 Å². The molecule has 0 saturated carbocycles. The summed E-state index contributed by atoms with van der Waals surface area (Å²) in [6.45, 7) is 0.662. The van der Waals surface area contributed by atoms with E-state index in [9.17, 15) is 13.2 Å². The highest BCUT2D eigenvalue weighted by Gasteiger charge is 2.11. The standard InChI is InChI=1S/C15H13BrF3N/c16-13-5-6-14(18)12(15(13)19)9-20-8-7-10-1-3-11(17)4-2-10/h1-6,20H,7-9H2. The minimum absolute atomic E-state index is 0.0125. The van der Waals surface area contributed by atoms with Crippen LogP contribution in [0.4, 0.5) is 13.2 Å². The van der Waals surface area contributed by atoms with Crippen molar-refractivity contribution in [1.29, 1.82) is 0 Å². The van der Waals surface area contributed by atoms with Crippen LogP contribution in [0.15, 0.2) is 40.9 Å². The summed E-state index contributed by atoms with van der Waals surface area (Å²) in [5, 5.41) is 2.98. The van der Waals surface area contributed by atoms with E-state index in [-0.39, 0.29) is 22.4 Å². The molecule has 0 spiro atoms. The molecule has 0 radical (unpaired) electrons. The van der Waals surface area contributed by atoms with Gasteiger partial charge >= 0.3 is 0 Å². The van der Waals surface area contributed by atoms with Gasteiger partial charge in [-0.2, -0.15) is 0 Å². The molecular weight excluding hydrogens is 331 g/mol. The molecule has 0 atom stereocenters. The van der Waals surface area contributed by atoms with E-state index in [0.717, 1.165) is 5.56 Å². The van der Waals surface area contributed by atoms with Crippen LogP contribution < -0.4 is 5.32 Å². The van der Waals surface area contributed by atoms with Crippen LogP contribution in [0, 0.1) is 17.5 Å². The van der Waals surface area contributed by atoms with Crippen LogP contribution in [0.5, 0.6) is 0 Å². The Morgan fingerprint density at radius 3 is 2.35 bits per heavy atom. The molecule has 0 aliphatic heterocycles. The minimum Gasteiger partial charge on any atom is -0.312 e. The van der Waals surface area contributed by atoms with Crippen molar-refractivity contribution in [2.24, 2.45) is 0 Å². The van der Waals surface area contributed by atoms with Crippen LogP contribution in [-0.2, 0) is 13.0 Å². The highest BCUT2D eigenvalue weighted by molar-refractivity contribution is 9.10. The molecule has 106 valence electrons. The Hall–Kier alpha value is -1.33. The monoisotopic (exact) mass is 343 g/mol. The first-order valence-corrected chi connectivity index (χ1v) is 6.95. The molecule has 5 heteroatoms. The topological polar surface area (TPSA) is 12.0 Å². The largest absolute Gasteiger partial charge is 0.312 e. The lowest BCUT2D eigenvalue weighted by Crippen LogP contribution is -2.18. The average Bonchev–Trinajstić information content (AvgIpc) is 2.44. The molecule has 0 amide bonds. The predicted octanol–water partition coefficient (Wildman–Crippen LogP) is 4.20. The number of rotatable bonds is 5. The Balaban J connectivity index is 1.87. The van der Waals surface area contributed by atoms with Crippen LogP contribution >= 0.6 is 15.9 Å². The quantitative estimate of drug-likeness (QED) is 0.633. The van der Waals surface area contributed by atoms with E-state index in [1.165, 1.54) is 24.3 Å². The average molecular weight is 344 g/mol. The third-order valence-corrected chi connectivity index (χ3v) is 3.56. The first-order valence-electron chi connectivity index (χ1n) is 6.15. The smallest absolute Gasteiger partial charge is 0.144 e. The molecule has 0 aliphatic carbocycles. The van der Waals surface area contributed by atoms with Gasteiger partial charge in [0, 0.05) is 12.1 Å². The molecule has 0 aromatic heterocycles. The molecule has 0 fully saturated rings. The van der Waals surface area contributed by atoms with E-state index in [4.69, 9.17) is 0 Å². The summed E-state index contributed by atoms with van der Waals surface area (Å²) in [5.41, 5.74) is 0.979. The van der Waals surface area contributed by atoms with Gasteiger partial charge in [0.1, 0.15) is 17.5 Å². The van der Waals surface area contributed by atoms with E-state index in [1.54, 1.807) is 12.1 Å². The van der Waals surface area contributed by atoms with Gasteiger partial charge in [0.05, 0.1) is 4.47 Å². The van der Waals surface area contributed by atoms with Crippen molar-refractivity contribution in [1.82, 2.24) is 5.32 Å². The number of nitrogens with one attached hydrogen (secondary N) is 1. The SMILES string of the molecule is Fc1ccc(CCNCc2c(F)ccc(Br)c2F)cc1. The Kier molecular flexibility index (Phi) is 5.20. The number of halogens is 4. The third kappa shape index (κ3) is 3.84. The van der Waals surface area contributed by atoms with E-state index in [0.29, 0.717) is 13.0 Å². The van der Waals surface area contributed by atoms with Crippen LogP contribution in [-0.4, -0.2) is 6.54 Å². The zero-order chi connectivity index (χ0) is 14.5. The molecule has 1 N–H and O–H groups in total. The molecule has 20 heavy (non-hydrogen) atoms. The van der Waals surface area contributed by atoms with Crippen LogP contribution in [0.1, 0.15) is 11.1 Å². The summed E-state index contributed by atoms with van der Waals surface area (Å²) < 4.78 is 40.1. The maximum Gasteiger partial charge on any atom is 0.144 e. The number of benzene rings is 2. The van der Waals surface area contributed by atoms with E-state index in [2.05, 4.69) is 21.2 Å². The summed E-state index contributed by atoms with van der Waals surface area (Å²) in [4.78, 5) is 0. The van der Waals surface area contributed by atoms with Gasteiger partial charge in [-0.1, -0.05) is 12.1 Å². The second-order valence-corrected chi connectivity index (χ2v) is 5.23. The molecule has 2 aromatic rings. The van der Waals surface area contributed by atoms with Crippen molar-refractivity contribution in [2.45, 2.75) is 13.0 Å². The summed E-state index contributed by atoms with van der Waals surface area (Å²) in [5.74, 6) is -1.43. The third-order valence-electron chi connectivity index (χ3n) is 2.94. The molecular formula is C15H13BrF3N. The molecule has 0 unspecified atom stereocenters. The van der Waals surface area contributed by atoms with Crippen molar-refractivity contribution in [3.63, 3.8) is 0 Å². The van der Waals surface area contributed by atoms with Gasteiger partial charge in [0.25, 0.3) is 0 Å². The molecule has 2 aromatic carbocycles. The highest BCUT2D eigenvalue weighted by Crippen LogP contribution is 2.21. The molecule has 2 rings (SSSR count). The maximum absolute atomic E-state index is 13.7. The first kappa shape index (κ1) is 15.1. The van der Waals surface area contributed by atoms with Gasteiger partial charge in [-0.15, -0.1) is 0 Å². The van der Waals surface area contributed by atoms with Crippen molar-refractivity contribution < 1.29 is 13.2 Å². The Morgan fingerprint density at radius 2 is 1.65 bits per heavy atom. The summed E-state index contributed by atoms with van der Waals surface area (Å²) in [6, 6.07) is 8.73. The van der Waals surface area contributed by atoms with E-state index >= 15 is 0 Å². The molecule has 0 aliphatic rings. The minimum atomic E-state index is -0.584. The fraction of sp³-hybridized carbons (Fsp3) is 0.200. The molecule has 1 nitrogen and oxygen atoms in total. The van der Waals surface area contributed by atoms with Gasteiger partial charge in [0.2, 0.25) is 0 Å². The predicted molar refractivity (Wildman–Crippen MR) is 75.9 cm³/mol. The maximum atomic E-state index is 13.7.